The summed E-state index contributed by atoms with van der Waals surface area (Å²) in [5, 5.41) is 12.1. The molecule has 1 aromatic carbocycles. The lowest BCUT2D eigenvalue weighted by atomic mass is 10.1. The van der Waals surface area contributed by atoms with Crippen LogP contribution in [0.25, 0.3) is 0 Å². The average Bonchev–Trinajstić information content (AvgIpc) is 2.44. The van der Waals surface area contributed by atoms with Gasteiger partial charge in [0, 0.05) is 23.6 Å². The van der Waals surface area contributed by atoms with Crippen LogP contribution in [0.15, 0.2) is 36.7 Å². The molecule has 0 amide bonds. The summed E-state index contributed by atoms with van der Waals surface area (Å²) in [6.07, 6.45) is 3.47. The van der Waals surface area contributed by atoms with Crippen molar-refractivity contribution in [1.29, 1.82) is 5.26 Å². The number of aromatic nitrogens is 1. The largest absolute Gasteiger partial charge is 0.378 e. The summed E-state index contributed by atoms with van der Waals surface area (Å²) in [4.78, 5) is 4.05. The van der Waals surface area contributed by atoms with Crippen molar-refractivity contribution in [2.75, 3.05) is 5.32 Å². The Balaban J connectivity index is 2.29. The number of nitrogens with zero attached hydrogens (tertiary/aromatic N) is 2. The minimum atomic E-state index is -0.375. The van der Waals surface area contributed by atoms with Crippen LogP contribution in [-0.4, -0.2) is 4.98 Å². The molecule has 1 heterocycles. The van der Waals surface area contributed by atoms with Gasteiger partial charge in [-0.3, -0.25) is 4.98 Å². The van der Waals surface area contributed by atoms with E-state index in [0.29, 0.717) is 16.8 Å². The highest BCUT2D eigenvalue weighted by Gasteiger charge is 2.11. The summed E-state index contributed by atoms with van der Waals surface area (Å²) in [5.41, 5.74) is 2.45. The van der Waals surface area contributed by atoms with Gasteiger partial charge >= 0.3 is 0 Å². The van der Waals surface area contributed by atoms with Crippen LogP contribution in [0.5, 0.6) is 0 Å². The van der Waals surface area contributed by atoms with E-state index in [1.165, 1.54) is 6.07 Å². The number of benzene rings is 1. The molecule has 0 aliphatic rings. The zero-order chi connectivity index (χ0) is 13.8. The van der Waals surface area contributed by atoms with Crippen LogP contribution in [0, 0.1) is 24.1 Å². The van der Waals surface area contributed by atoms with Crippen LogP contribution < -0.4 is 5.32 Å². The minimum absolute atomic E-state index is 0.0132. The van der Waals surface area contributed by atoms with E-state index in [1.54, 1.807) is 25.4 Å². The summed E-state index contributed by atoms with van der Waals surface area (Å²) in [7, 11) is 0. The van der Waals surface area contributed by atoms with Gasteiger partial charge in [-0.1, -0.05) is 6.07 Å². The normalized spacial score (nSPS) is 11.7. The Bertz CT molecular complexity index is 617. The molecular weight excluding hydrogens is 241 g/mol. The van der Waals surface area contributed by atoms with Gasteiger partial charge in [0.2, 0.25) is 0 Å². The van der Waals surface area contributed by atoms with E-state index in [2.05, 4.69) is 10.3 Å². The third-order valence-corrected chi connectivity index (χ3v) is 3.03. The van der Waals surface area contributed by atoms with Crippen molar-refractivity contribution in [3.8, 4) is 6.07 Å². The molecule has 0 radical (unpaired) electrons. The lowest BCUT2D eigenvalue weighted by Gasteiger charge is -2.17. The van der Waals surface area contributed by atoms with Gasteiger partial charge in [0.1, 0.15) is 5.82 Å². The predicted octanol–water partition coefficient (Wildman–Crippen LogP) is 3.57. The molecule has 19 heavy (non-hydrogen) atoms. The van der Waals surface area contributed by atoms with Crippen molar-refractivity contribution in [2.45, 2.75) is 19.9 Å². The molecule has 96 valence electrons. The molecule has 3 nitrogen and oxygen atoms in total. The van der Waals surface area contributed by atoms with E-state index in [1.807, 2.05) is 25.1 Å². The smallest absolute Gasteiger partial charge is 0.129 e. The second-order valence-electron chi connectivity index (χ2n) is 4.39. The SMILES string of the molecule is Cc1c(F)cc(C#N)cc1NC(C)c1cccnc1. The fourth-order valence-corrected chi connectivity index (χ4v) is 1.84. The molecule has 0 aliphatic carbocycles. The molecule has 1 aromatic heterocycles. The monoisotopic (exact) mass is 255 g/mol. The van der Waals surface area contributed by atoms with Crippen LogP contribution in [0.3, 0.4) is 0 Å². The highest BCUT2D eigenvalue weighted by molar-refractivity contribution is 5.56. The Morgan fingerprint density at radius 3 is 2.84 bits per heavy atom. The first-order valence-corrected chi connectivity index (χ1v) is 5.98. The number of nitrogens with one attached hydrogen (secondary N) is 1. The lowest BCUT2D eigenvalue weighted by molar-refractivity contribution is 0.618. The molecule has 1 N–H and O–H groups in total. The van der Waals surface area contributed by atoms with Crippen molar-refractivity contribution < 1.29 is 4.39 Å². The van der Waals surface area contributed by atoms with E-state index < -0.39 is 0 Å². The maximum absolute atomic E-state index is 13.7. The van der Waals surface area contributed by atoms with E-state index >= 15 is 0 Å². The van der Waals surface area contributed by atoms with Crippen LogP contribution in [0.4, 0.5) is 10.1 Å². The van der Waals surface area contributed by atoms with Crippen LogP contribution in [-0.2, 0) is 0 Å². The molecule has 1 atom stereocenters. The van der Waals surface area contributed by atoms with Crippen molar-refractivity contribution in [2.24, 2.45) is 0 Å². The highest BCUT2D eigenvalue weighted by Crippen LogP contribution is 2.24. The minimum Gasteiger partial charge on any atom is -0.378 e. The molecule has 1 unspecified atom stereocenters. The van der Waals surface area contributed by atoms with Crippen molar-refractivity contribution in [3.63, 3.8) is 0 Å². The molecule has 2 aromatic rings. The maximum Gasteiger partial charge on any atom is 0.129 e. The number of anilines is 1. The zero-order valence-electron chi connectivity index (χ0n) is 10.8. The predicted molar refractivity (Wildman–Crippen MR) is 72.1 cm³/mol. The highest BCUT2D eigenvalue weighted by atomic mass is 19.1. The van der Waals surface area contributed by atoms with Gasteiger partial charge in [-0.2, -0.15) is 5.26 Å². The van der Waals surface area contributed by atoms with Crippen molar-refractivity contribution >= 4 is 5.69 Å². The average molecular weight is 255 g/mol. The van der Waals surface area contributed by atoms with Crippen molar-refractivity contribution in [1.82, 2.24) is 4.98 Å². The third-order valence-electron chi connectivity index (χ3n) is 3.03. The molecule has 0 saturated heterocycles. The first kappa shape index (κ1) is 13.0. The Morgan fingerprint density at radius 2 is 2.21 bits per heavy atom. The van der Waals surface area contributed by atoms with Crippen LogP contribution in [0.2, 0.25) is 0 Å². The third kappa shape index (κ3) is 2.89. The fourth-order valence-electron chi connectivity index (χ4n) is 1.84. The van der Waals surface area contributed by atoms with Gasteiger partial charge in [-0.25, -0.2) is 4.39 Å². The number of halogens is 1. The second kappa shape index (κ2) is 5.49. The number of rotatable bonds is 3. The van der Waals surface area contributed by atoms with E-state index in [0.717, 1.165) is 5.56 Å². The van der Waals surface area contributed by atoms with Crippen molar-refractivity contribution in [3.05, 3.63) is 59.2 Å². The van der Waals surface area contributed by atoms with E-state index in [4.69, 9.17) is 5.26 Å². The Labute approximate surface area is 111 Å². The van der Waals surface area contributed by atoms with Gasteiger partial charge in [0.05, 0.1) is 17.7 Å². The molecule has 2 rings (SSSR count). The van der Waals surface area contributed by atoms with Gasteiger partial charge < -0.3 is 5.32 Å². The summed E-state index contributed by atoms with van der Waals surface area (Å²) in [6.45, 7) is 3.65. The summed E-state index contributed by atoms with van der Waals surface area (Å²) >= 11 is 0. The number of hydrogen-bond acceptors (Lipinski definition) is 3. The molecule has 0 aliphatic heterocycles. The molecular formula is C15H14FN3. The topological polar surface area (TPSA) is 48.7 Å². The number of pyridine rings is 1. The zero-order valence-corrected chi connectivity index (χ0v) is 10.8. The van der Waals surface area contributed by atoms with Crippen LogP contribution >= 0.6 is 0 Å². The Kier molecular flexibility index (Phi) is 3.76. The standard InChI is InChI=1S/C15H14FN3/c1-10-14(16)6-12(8-17)7-15(10)19-11(2)13-4-3-5-18-9-13/h3-7,9,11,19H,1-2H3. The first-order chi connectivity index (χ1) is 9.11. The van der Waals surface area contributed by atoms with Gasteiger partial charge in [0.15, 0.2) is 0 Å². The first-order valence-electron chi connectivity index (χ1n) is 5.98. The number of hydrogen-bond donors (Lipinski definition) is 1. The lowest BCUT2D eigenvalue weighted by Crippen LogP contribution is -2.09. The molecule has 4 heteroatoms. The summed E-state index contributed by atoms with van der Waals surface area (Å²) in [5.74, 6) is -0.375. The number of nitriles is 1. The Morgan fingerprint density at radius 1 is 1.42 bits per heavy atom. The molecule has 0 fully saturated rings. The molecule has 0 saturated carbocycles. The summed E-state index contributed by atoms with van der Waals surface area (Å²) < 4.78 is 13.7. The van der Waals surface area contributed by atoms with Gasteiger partial charge in [-0.15, -0.1) is 0 Å². The maximum atomic E-state index is 13.7. The Hall–Kier alpha value is -2.41. The quantitative estimate of drug-likeness (QED) is 0.912. The van der Waals surface area contributed by atoms with E-state index in [-0.39, 0.29) is 11.9 Å². The van der Waals surface area contributed by atoms with Crippen LogP contribution in [0.1, 0.15) is 29.7 Å². The van der Waals surface area contributed by atoms with Gasteiger partial charge in [0.25, 0.3) is 0 Å². The second-order valence-corrected chi connectivity index (χ2v) is 4.39. The summed E-state index contributed by atoms with van der Waals surface area (Å²) in [6, 6.07) is 8.65. The molecule has 0 spiro atoms. The van der Waals surface area contributed by atoms with Gasteiger partial charge in [-0.05, 0) is 37.6 Å². The van der Waals surface area contributed by atoms with E-state index in [9.17, 15) is 4.39 Å². The fraction of sp³-hybridized carbons (Fsp3) is 0.200. The molecule has 0 bridgehead atoms.